The number of aliphatic carboxylic acids is 1. The molecule has 0 radical (unpaired) electrons. The first-order chi connectivity index (χ1) is 11.9. The van der Waals surface area contributed by atoms with E-state index >= 15 is 0 Å². The van der Waals surface area contributed by atoms with Crippen molar-refractivity contribution >= 4 is 62.2 Å². The molecule has 1 aromatic heterocycles. The van der Waals surface area contributed by atoms with Crippen LogP contribution >= 0.6 is 39.9 Å². The van der Waals surface area contributed by atoms with Gasteiger partial charge < -0.3 is 9.52 Å². The van der Waals surface area contributed by atoms with Crippen molar-refractivity contribution in [1.29, 1.82) is 0 Å². The van der Waals surface area contributed by atoms with Crippen LogP contribution < -0.4 is 0 Å². The highest BCUT2D eigenvalue weighted by atomic mass is 79.9. The number of rotatable bonds is 5. The number of benzene rings is 1. The summed E-state index contributed by atoms with van der Waals surface area (Å²) in [6.07, 6.45) is 1.48. The summed E-state index contributed by atoms with van der Waals surface area (Å²) in [5.74, 6) is -0.0298. The molecule has 2 aromatic rings. The van der Waals surface area contributed by atoms with E-state index in [4.69, 9.17) is 21.7 Å². The van der Waals surface area contributed by atoms with Crippen molar-refractivity contribution < 1.29 is 19.1 Å². The Labute approximate surface area is 161 Å². The van der Waals surface area contributed by atoms with Crippen molar-refractivity contribution in [2.24, 2.45) is 0 Å². The lowest BCUT2D eigenvalue weighted by Crippen LogP contribution is -2.30. The summed E-state index contributed by atoms with van der Waals surface area (Å²) in [5.41, 5.74) is 0.928. The summed E-state index contributed by atoms with van der Waals surface area (Å²) in [7, 11) is 0. The molecule has 0 saturated carbocycles. The van der Waals surface area contributed by atoms with E-state index in [9.17, 15) is 9.59 Å². The smallest absolute Gasteiger partial charge is 0.305 e. The minimum Gasteiger partial charge on any atom is -0.481 e. The first kappa shape index (κ1) is 17.9. The molecule has 0 unspecified atom stereocenters. The molecule has 1 N–H and O–H groups in total. The summed E-state index contributed by atoms with van der Waals surface area (Å²) < 4.78 is 7.11. The molecule has 0 aliphatic carbocycles. The van der Waals surface area contributed by atoms with Crippen LogP contribution in [-0.2, 0) is 9.59 Å². The molecule has 1 aromatic carbocycles. The number of thioether (sulfide) groups is 1. The van der Waals surface area contributed by atoms with Crippen molar-refractivity contribution in [3.8, 4) is 11.3 Å². The van der Waals surface area contributed by atoms with Crippen LogP contribution in [0, 0.1) is 0 Å². The van der Waals surface area contributed by atoms with Gasteiger partial charge in [-0.1, -0.05) is 52.0 Å². The van der Waals surface area contributed by atoms with Gasteiger partial charge >= 0.3 is 5.97 Å². The van der Waals surface area contributed by atoms with Crippen LogP contribution in [0.25, 0.3) is 17.4 Å². The fraction of sp³-hybridized carbons (Fsp3) is 0.118. The van der Waals surface area contributed by atoms with Crippen LogP contribution in [0.1, 0.15) is 12.2 Å². The highest BCUT2D eigenvalue weighted by molar-refractivity contribution is 9.10. The molecular formula is C17H12BrNO4S2. The maximum Gasteiger partial charge on any atom is 0.305 e. The molecule has 0 bridgehead atoms. The van der Waals surface area contributed by atoms with Gasteiger partial charge in [0.15, 0.2) is 0 Å². The zero-order valence-corrected chi connectivity index (χ0v) is 16.0. The number of thiocarbonyl (C=S) groups is 1. The van der Waals surface area contributed by atoms with Crippen LogP contribution in [0.15, 0.2) is 50.2 Å². The number of amides is 1. The van der Waals surface area contributed by atoms with E-state index in [2.05, 4.69) is 15.9 Å². The third kappa shape index (κ3) is 4.20. The lowest BCUT2D eigenvalue weighted by Gasteiger charge is -2.12. The number of nitrogens with zero attached hydrogens (tertiary/aromatic N) is 1. The second-order valence-corrected chi connectivity index (χ2v) is 7.78. The maximum absolute atomic E-state index is 12.4. The molecule has 8 heteroatoms. The quantitative estimate of drug-likeness (QED) is 0.552. The number of carbonyl (C=O) groups is 2. The van der Waals surface area contributed by atoms with E-state index in [1.165, 1.54) is 4.90 Å². The number of hydrogen-bond donors (Lipinski definition) is 1. The molecule has 1 aliphatic rings. The Morgan fingerprint density at radius 3 is 2.68 bits per heavy atom. The summed E-state index contributed by atoms with van der Waals surface area (Å²) in [6.45, 7) is 0.0691. The Hall–Kier alpha value is -1.90. The van der Waals surface area contributed by atoms with Crippen LogP contribution in [-0.4, -0.2) is 32.7 Å². The van der Waals surface area contributed by atoms with E-state index in [0.717, 1.165) is 21.8 Å². The number of hydrogen-bond acceptors (Lipinski definition) is 5. The van der Waals surface area contributed by atoms with Crippen molar-refractivity contribution in [3.05, 3.63) is 51.5 Å². The predicted molar refractivity (Wildman–Crippen MR) is 104 cm³/mol. The van der Waals surface area contributed by atoms with Crippen molar-refractivity contribution in [1.82, 2.24) is 4.90 Å². The lowest BCUT2D eigenvalue weighted by atomic mass is 10.2. The normalized spacial score (nSPS) is 16.0. The Bertz CT molecular complexity index is 873. The molecule has 1 aliphatic heterocycles. The van der Waals surface area contributed by atoms with Gasteiger partial charge in [0.25, 0.3) is 5.91 Å². The van der Waals surface area contributed by atoms with Gasteiger partial charge in [-0.05, 0) is 24.3 Å². The first-order valence-corrected chi connectivity index (χ1v) is 9.29. The summed E-state index contributed by atoms with van der Waals surface area (Å²) >= 11 is 9.69. The zero-order valence-electron chi connectivity index (χ0n) is 12.8. The van der Waals surface area contributed by atoms with Gasteiger partial charge in [0.1, 0.15) is 15.8 Å². The Kier molecular flexibility index (Phi) is 5.41. The molecule has 25 heavy (non-hydrogen) atoms. The molecule has 3 rings (SSSR count). The van der Waals surface area contributed by atoms with Gasteiger partial charge in [0.05, 0.1) is 11.3 Å². The second kappa shape index (κ2) is 7.55. The minimum atomic E-state index is -0.969. The molecule has 1 amide bonds. The fourth-order valence-electron chi connectivity index (χ4n) is 2.23. The van der Waals surface area contributed by atoms with Crippen LogP contribution in [0.5, 0.6) is 0 Å². The predicted octanol–water partition coefficient (Wildman–Crippen LogP) is 4.39. The number of furan rings is 1. The molecule has 0 spiro atoms. The van der Waals surface area contributed by atoms with E-state index in [-0.39, 0.29) is 18.9 Å². The molecule has 1 fully saturated rings. The minimum absolute atomic E-state index is 0.0691. The van der Waals surface area contributed by atoms with Gasteiger partial charge in [0, 0.05) is 22.7 Å². The van der Waals surface area contributed by atoms with Gasteiger partial charge in [-0.2, -0.15) is 0 Å². The van der Waals surface area contributed by atoms with Gasteiger partial charge in [-0.15, -0.1) is 0 Å². The average Bonchev–Trinajstić information content (AvgIpc) is 3.12. The molecular weight excluding hydrogens is 426 g/mol. The maximum atomic E-state index is 12.4. The topological polar surface area (TPSA) is 70.8 Å². The van der Waals surface area contributed by atoms with Crippen molar-refractivity contribution in [2.45, 2.75) is 6.42 Å². The highest BCUT2D eigenvalue weighted by Crippen LogP contribution is 2.33. The SMILES string of the molecule is O=C(O)CCN1C(=O)C(=Cc2ccc(-c3ccc(Br)cc3)o2)SC1=S. The van der Waals surface area contributed by atoms with Crippen LogP contribution in [0.3, 0.4) is 0 Å². The summed E-state index contributed by atoms with van der Waals surface area (Å²) in [5, 5.41) is 8.75. The van der Waals surface area contributed by atoms with Gasteiger partial charge in [-0.3, -0.25) is 14.5 Å². The van der Waals surface area contributed by atoms with Crippen molar-refractivity contribution in [3.63, 3.8) is 0 Å². The lowest BCUT2D eigenvalue weighted by molar-refractivity contribution is -0.137. The van der Waals surface area contributed by atoms with Gasteiger partial charge in [-0.25, -0.2) is 0 Å². The number of carboxylic acids is 1. The molecule has 1 saturated heterocycles. The highest BCUT2D eigenvalue weighted by Gasteiger charge is 2.32. The van der Waals surface area contributed by atoms with Gasteiger partial charge in [0.2, 0.25) is 0 Å². The molecule has 2 heterocycles. The largest absolute Gasteiger partial charge is 0.481 e. The third-order valence-corrected chi connectivity index (χ3v) is 5.36. The zero-order chi connectivity index (χ0) is 18.0. The summed E-state index contributed by atoms with van der Waals surface area (Å²) in [4.78, 5) is 24.8. The van der Waals surface area contributed by atoms with Crippen LogP contribution in [0.2, 0.25) is 0 Å². The summed E-state index contributed by atoms with van der Waals surface area (Å²) in [6, 6.07) is 11.3. The molecule has 128 valence electrons. The Balaban J connectivity index is 1.77. The monoisotopic (exact) mass is 437 g/mol. The van der Waals surface area contributed by atoms with E-state index < -0.39 is 5.97 Å². The number of carbonyl (C=O) groups excluding carboxylic acids is 1. The van der Waals surface area contributed by atoms with E-state index in [0.29, 0.717) is 20.7 Å². The number of halogens is 1. The second-order valence-electron chi connectivity index (χ2n) is 5.19. The average molecular weight is 438 g/mol. The Morgan fingerprint density at radius 1 is 1.28 bits per heavy atom. The number of carboxylic acid groups (broad SMARTS) is 1. The third-order valence-electron chi connectivity index (χ3n) is 3.45. The van der Waals surface area contributed by atoms with Crippen molar-refractivity contribution in [2.75, 3.05) is 6.54 Å². The van der Waals surface area contributed by atoms with E-state index in [1.807, 2.05) is 30.3 Å². The van der Waals surface area contributed by atoms with Crippen LogP contribution in [0.4, 0.5) is 0 Å². The standard InChI is InChI=1S/C17H12BrNO4S2/c18-11-3-1-10(2-4-11)13-6-5-12(23-13)9-14-16(22)19(17(24)25-14)8-7-15(20)21/h1-6,9H,7-8H2,(H,20,21). The molecule has 5 nitrogen and oxygen atoms in total. The molecule has 0 atom stereocenters. The Morgan fingerprint density at radius 2 is 2.00 bits per heavy atom. The first-order valence-electron chi connectivity index (χ1n) is 7.27. The fourth-order valence-corrected chi connectivity index (χ4v) is 3.78. The van der Waals surface area contributed by atoms with E-state index in [1.54, 1.807) is 12.1 Å².